The molecule has 0 nitrogen and oxygen atoms in total. The fraction of sp³-hybridized carbons (Fsp3) is 0.0526. The number of benzene rings is 7. The van der Waals surface area contributed by atoms with Gasteiger partial charge >= 0.3 is 0 Å². The van der Waals surface area contributed by atoms with Crippen LogP contribution < -0.4 is 0 Å². The molecule has 0 bridgehead atoms. The van der Waals surface area contributed by atoms with E-state index in [2.05, 4.69) is 133 Å². The van der Waals surface area contributed by atoms with Gasteiger partial charge in [-0.2, -0.15) is 0 Å². The van der Waals surface area contributed by atoms with E-state index in [1.165, 1.54) is 76.8 Å². The highest BCUT2D eigenvalue weighted by Gasteiger charge is 2.21. The lowest BCUT2D eigenvalue weighted by molar-refractivity contribution is 1.02. The lowest BCUT2D eigenvalue weighted by atomic mass is 9.84. The van der Waals surface area contributed by atoms with Crippen LogP contribution in [-0.4, -0.2) is 0 Å². The molecule has 0 heteroatoms. The second-order valence-corrected chi connectivity index (χ2v) is 10.4. The van der Waals surface area contributed by atoms with Gasteiger partial charge in [-0.15, -0.1) is 0 Å². The molecule has 0 radical (unpaired) electrons. The number of fused-ring (bicyclic) bond motifs is 2. The van der Waals surface area contributed by atoms with Crippen molar-refractivity contribution in [1.29, 1.82) is 0 Å². The van der Waals surface area contributed by atoms with Gasteiger partial charge in [0.15, 0.2) is 0 Å². The zero-order valence-corrected chi connectivity index (χ0v) is 21.1. The fourth-order valence-electron chi connectivity index (χ4n) is 6.68. The molecule has 8 rings (SSSR count). The maximum Gasteiger partial charge on any atom is -0.00201 e. The highest BCUT2D eigenvalue weighted by Crippen LogP contribution is 2.46. The average molecular weight is 483 g/mol. The Balaban J connectivity index is 1.48. The second kappa shape index (κ2) is 8.43. The molecule has 7 aromatic rings. The summed E-state index contributed by atoms with van der Waals surface area (Å²) in [6.45, 7) is 0. The molecule has 0 unspecified atom stereocenters. The molecule has 1 aliphatic carbocycles. The third-order valence-corrected chi connectivity index (χ3v) is 8.34. The van der Waals surface area contributed by atoms with Gasteiger partial charge in [-0.3, -0.25) is 0 Å². The van der Waals surface area contributed by atoms with Gasteiger partial charge in [-0.25, -0.2) is 0 Å². The molecule has 0 saturated carbocycles. The molecule has 0 saturated heterocycles. The van der Waals surface area contributed by atoms with Crippen LogP contribution in [0, 0.1) is 0 Å². The van der Waals surface area contributed by atoms with Crippen molar-refractivity contribution in [3.05, 3.63) is 145 Å². The minimum atomic E-state index is 1.15. The van der Waals surface area contributed by atoms with Crippen molar-refractivity contribution < 1.29 is 0 Å². The maximum atomic E-state index is 2.37. The van der Waals surface area contributed by atoms with E-state index in [9.17, 15) is 0 Å². The summed E-state index contributed by atoms with van der Waals surface area (Å²) in [7, 11) is 0. The van der Waals surface area contributed by atoms with Crippen LogP contribution in [0.3, 0.4) is 0 Å². The Morgan fingerprint density at radius 2 is 0.868 bits per heavy atom. The molecule has 0 fully saturated rings. The van der Waals surface area contributed by atoms with Crippen LogP contribution in [0.2, 0.25) is 0 Å². The standard InChI is InChI=1S/C38H26/c1-2-10-25(11-3-1)28-13-8-14-29(24-28)37-31-15-4-6-17-33(31)38(34-18-7-5-16-32(34)37)35-23-22-27-21-20-26-12-9-19-30(35)36(26)27/h1-19,22-24H,20-21H2. The Morgan fingerprint density at radius 1 is 0.342 bits per heavy atom. The van der Waals surface area contributed by atoms with Crippen molar-refractivity contribution >= 4 is 32.3 Å². The Bertz CT molecular complexity index is 1940. The van der Waals surface area contributed by atoms with Crippen LogP contribution in [0.25, 0.3) is 65.7 Å². The van der Waals surface area contributed by atoms with E-state index in [0.29, 0.717) is 0 Å². The van der Waals surface area contributed by atoms with Crippen LogP contribution in [0.5, 0.6) is 0 Å². The van der Waals surface area contributed by atoms with E-state index in [4.69, 9.17) is 0 Å². The van der Waals surface area contributed by atoms with Crippen molar-refractivity contribution in [2.75, 3.05) is 0 Å². The third-order valence-electron chi connectivity index (χ3n) is 8.34. The SMILES string of the molecule is c1ccc(-c2cccc(-c3c4ccccc4c(-c4ccc5c6c(cccc46)CC5)c4ccccc34)c2)cc1. The van der Waals surface area contributed by atoms with Crippen LogP contribution in [0.4, 0.5) is 0 Å². The molecule has 0 amide bonds. The molecule has 0 heterocycles. The third kappa shape index (κ3) is 3.17. The summed E-state index contributed by atoms with van der Waals surface area (Å²) < 4.78 is 0. The van der Waals surface area contributed by atoms with Crippen molar-refractivity contribution in [3.8, 4) is 33.4 Å². The monoisotopic (exact) mass is 482 g/mol. The number of hydrogen-bond donors (Lipinski definition) is 0. The molecule has 0 atom stereocenters. The predicted molar refractivity (Wildman–Crippen MR) is 163 cm³/mol. The molecule has 0 aromatic heterocycles. The summed E-state index contributed by atoms with van der Waals surface area (Å²) in [6, 6.07) is 49.3. The molecular weight excluding hydrogens is 456 g/mol. The van der Waals surface area contributed by atoms with Crippen molar-refractivity contribution in [2.45, 2.75) is 12.8 Å². The van der Waals surface area contributed by atoms with E-state index in [0.717, 1.165) is 12.8 Å². The van der Waals surface area contributed by atoms with E-state index >= 15 is 0 Å². The lowest BCUT2D eigenvalue weighted by Gasteiger charge is -2.19. The zero-order valence-electron chi connectivity index (χ0n) is 21.1. The van der Waals surface area contributed by atoms with E-state index in [-0.39, 0.29) is 0 Å². The summed E-state index contributed by atoms with van der Waals surface area (Å²) >= 11 is 0. The number of rotatable bonds is 3. The number of aryl methyl sites for hydroxylation is 2. The molecule has 178 valence electrons. The summed E-state index contributed by atoms with van der Waals surface area (Å²) in [4.78, 5) is 0. The van der Waals surface area contributed by atoms with Crippen LogP contribution >= 0.6 is 0 Å². The van der Waals surface area contributed by atoms with Gasteiger partial charge in [0.05, 0.1) is 0 Å². The van der Waals surface area contributed by atoms with Crippen molar-refractivity contribution in [2.24, 2.45) is 0 Å². The summed E-state index contributed by atoms with van der Waals surface area (Å²) in [5.74, 6) is 0. The molecule has 0 spiro atoms. The Morgan fingerprint density at radius 3 is 1.58 bits per heavy atom. The first-order valence-electron chi connectivity index (χ1n) is 13.5. The first-order valence-corrected chi connectivity index (χ1v) is 13.5. The van der Waals surface area contributed by atoms with Gasteiger partial charge in [0.25, 0.3) is 0 Å². The smallest absolute Gasteiger partial charge is 0.00201 e. The Labute approximate surface area is 222 Å². The highest BCUT2D eigenvalue weighted by atomic mass is 14.2. The minimum Gasteiger partial charge on any atom is -0.0622 e. The predicted octanol–water partition coefficient (Wildman–Crippen LogP) is 10.2. The van der Waals surface area contributed by atoms with Crippen LogP contribution in [0.1, 0.15) is 11.1 Å². The van der Waals surface area contributed by atoms with Crippen molar-refractivity contribution in [3.63, 3.8) is 0 Å². The van der Waals surface area contributed by atoms with E-state index < -0.39 is 0 Å². The van der Waals surface area contributed by atoms with Gasteiger partial charge in [-0.05, 0) is 95.7 Å². The Hall–Kier alpha value is -4.68. The molecular formula is C38H26. The normalized spacial score (nSPS) is 12.5. The zero-order chi connectivity index (χ0) is 25.1. The molecule has 7 aromatic carbocycles. The molecule has 1 aliphatic rings. The average Bonchev–Trinajstić information content (AvgIpc) is 3.41. The van der Waals surface area contributed by atoms with Crippen LogP contribution in [-0.2, 0) is 12.8 Å². The highest BCUT2D eigenvalue weighted by molar-refractivity contribution is 6.23. The van der Waals surface area contributed by atoms with Crippen LogP contribution in [0.15, 0.2) is 133 Å². The summed E-state index contributed by atoms with van der Waals surface area (Å²) in [6.07, 6.45) is 2.29. The second-order valence-electron chi connectivity index (χ2n) is 10.4. The van der Waals surface area contributed by atoms with Gasteiger partial charge in [0.1, 0.15) is 0 Å². The molecule has 0 aliphatic heterocycles. The fourth-order valence-corrected chi connectivity index (χ4v) is 6.68. The van der Waals surface area contributed by atoms with E-state index in [1.807, 2.05) is 0 Å². The van der Waals surface area contributed by atoms with Gasteiger partial charge in [-0.1, -0.05) is 127 Å². The summed E-state index contributed by atoms with van der Waals surface area (Å²) in [5, 5.41) is 8.07. The number of hydrogen-bond acceptors (Lipinski definition) is 0. The summed E-state index contributed by atoms with van der Waals surface area (Å²) in [5.41, 5.74) is 10.7. The lowest BCUT2D eigenvalue weighted by Crippen LogP contribution is -1.92. The van der Waals surface area contributed by atoms with Gasteiger partial charge in [0, 0.05) is 0 Å². The van der Waals surface area contributed by atoms with Crippen molar-refractivity contribution in [1.82, 2.24) is 0 Å². The first-order chi connectivity index (χ1) is 18.9. The largest absolute Gasteiger partial charge is 0.0622 e. The topological polar surface area (TPSA) is 0 Å². The molecule has 38 heavy (non-hydrogen) atoms. The minimum absolute atomic E-state index is 1.15. The van der Waals surface area contributed by atoms with E-state index in [1.54, 1.807) is 0 Å². The Kier molecular flexibility index (Phi) is 4.75. The maximum absolute atomic E-state index is 2.37. The van der Waals surface area contributed by atoms with Gasteiger partial charge < -0.3 is 0 Å². The first kappa shape index (κ1) is 21.4. The van der Waals surface area contributed by atoms with Gasteiger partial charge in [0.2, 0.25) is 0 Å². The quantitative estimate of drug-likeness (QED) is 0.220. The molecule has 0 N–H and O–H groups in total.